The van der Waals surface area contributed by atoms with Crippen LogP contribution in [-0.2, 0) is 37.9 Å². The third-order valence-electron chi connectivity index (χ3n) is 20.5. The van der Waals surface area contributed by atoms with Crippen LogP contribution in [0.25, 0.3) is 0 Å². The lowest BCUT2D eigenvalue weighted by Gasteiger charge is -2.71. The molecule has 0 unspecified atom stereocenters. The monoisotopic (exact) mass is 1090 g/mol. The molecule has 0 spiro atoms. The van der Waals surface area contributed by atoms with E-state index in [2.05, 4.69) is 19.9 Å². The van der Waals surface area contributed by atoms with Gasteiger partial charge >= 0.3 is 0 Å². The van der Waals surface area contributed by atoms with E-state index in [0.29, 0.717) is 25.7 Å². The van der Waals surface area contributed by atoms with Gasteiger partial charge in [-0.2, -0.15) is 0 Å². The van der Waals surface area contributed by atoms with Crippen LogP contribution in [0.15, 0.2) is 11.6 Å². The van der Waals surface area contributed by atoms with Crippen molar-refractivity contribution in [2.45, 2.75) is 241 Å². The lowest BCUT2D eigenvalue weighted by Crippen LogP contribution is -2.70. The highest BCUT2D eigenvalue weighted by Gasteiger charge is 2.72. The number of rotatable bonds is 16. The number of fused-ring (bicyclic) bond motifs is 5. The molecule has 23 nitrogen and oxygen atoms in total. The molecule has 8 fully saturated rings. The molecular weight excluding hydrogens is 1000 g/mol. The van der Waals surface area contributed by atoms with Gasteiger partial charge in [-0.05, 0) is 118 Å². The lowest BCUT2D eigenvalue weighted by molar-refractivity contribution is -0.383. The Labute approximate surface area is 444 Å². The van der Waals surface area contributed by atoms with Gasteiger partial charge < -0.3 is 114 Å². The number of ether oxygens (including phenoxy) is 8. The molecule has 4 aliphatic heterocycles. The van der Waals surface area contributed by atoms with Crippen LogP contribution in [0.5, 0.6) is 0 Å². The number of allylic oxidation sites excluding steroid dienone is 2. The minimum absolute atomic E-state index is 0.0720. The van der Waals surface area contributed by atoms with Gasteiger partial charge in [-0.25, -0.2) is 0 Å². The zero-order valence-electron chi connectivity index (χ0n) is 44.9. The van der Waals surface area contributed by atoms with Crippen LogP contribution in [0.2, 0.25) is 0 Å². The molecule has 4 aliphatic carbocycles. The smallest absolute Gasteiger partial charge is 0.187 e. The van der Waals surface area contributed by atoms with Gasteiger partial charge in [0.1, 0.15) is 91.6 Å². The maximum Gasteiger partial charge on any atom is 0.187 e. The molecule has 8 rings (SSSR count). The lowest BCUT2D eigenvalue weighted by atomic mass is 9.35. The van der Waals surface area contributed by atoms with Gasteiger partial charge in [0.05, 0.1) is 44.2 Å². The molecule has 440 valence electrons. The van der Waals surface area contributed by atoms with E-state index in [9.17, 15) is 76.6 Å². The van der Waals surface area contributed by atoms with E-state index in [1.54, 1.807) is 0 Å². The summed E-state index contributed by atoms with van der Waals surface area (Å²) in [6.07, 6.45) is -24.7. The summed E-state index contributed by atoms with van der Waals surface area (Å²) in [5, 5.41) is 163. The summed E-state index contributed by atoms with van der Waals surface area (Å²) in [4.78, 5) is 0. The van der Waals surface area contributed by atoms with E-state index < -0.39 is 165 Å². The first-order chi connectivity index (χ1) is 35.7. The molecule has 23 heteroatoms. The number of aliphatic hydroxyl groups is 15. The van der Waals surface area contributed by atoms with Crippen molar-refractivity contribution in [3.63, 3.8) is 0 Å². The van der Waals surface area contributed by atoms with Crippen LogP contribution in [0.1, 0.15) is 106 Å². The zero-order chi connectivity index (χ0) is 55.8. The average molecular weight is 1100 g/mol. The molecule has 0 amide bonds. The molecule has 4 saturated carbocycles. The normalized spacial score (nSPS) is 52.2. The predicted molar refractivity (Wildman–Crippen MR) is 262 cm³/mol. The maximum absolute atomic E-state index is 12.5. The summed E-state index contributed by atoms with van der Waals surface area (Å²) in [5.74, 6) is -0.342. The Kier molecular flexibility index (Phi) is 18.6. The van der Waals surface area contributed by atoms with Gasteiger partial charge in [0.15, 0.2) is 25.2 Å². The highest BCUT2D eigenvalue weighted by Crippen LogP contribution is 2.76. The third-order valence-corrected chi connectivity index (χ3v) is 20.5. The molecule has 0 aromatic carbocycles. The van der Waals surface area contributed by atoms with Crippen LogP contribution < -0.4 is 0 Å². The molecule has 0 aromatic rings. The van der Waals surface area contributed by atoms with Crippen molar-refractivity contribution in [2.75, 3.05) is 33.0 Å². The summed E-state index contributed by atoms with van der Waals surface area (Å²) >= 11 is 0. The minimum Gasteiger partial charge on any atom is -0.396 e. The molecule has 0 bridgehead atoms. The molecule has 0 radical (unpaired) electrons. The van der Waals surface area contributed by atoms with Gasteiger partial charge in [0.25, 0.3) is 0 Å². The quantitative estimate of drug-likeness (QED) is 0.0557. The van der Waals surface area contributed by atoms with Gasteiger partial charge in [0.2, 0.25) is 0 Å². The fourth-order valence-electron chi connectivity index (χ4n) is 16.1. The first kappa shape index (κ1) is 60.9. The van der Waals surface area contributed by atoms with Gasteiger partial charge in [0, 0.05) is 12.0 Å². The first-order valence-corrected chi connectivity index (χ1v) is 27.5. The van der Waals surface area contributed by atoms with E-state index in [1.165, 1.54) is 0 Å². The minimum atomic E-state index is -1.87. The SMILES string of the molecule is CC(C)=CCC[C@](C)(O[C@@H]1O[C@H](CO[C@@H]2OC[C@@H](O)[C@H](O)[C@H]2O)[C@@H](O)[C@H](O)[C@H]1O)[C@H]1CC[C@]2(C)[C@@H]1CC[C@@H]1[C@@]3(CO)C[C@H](O)[C@H](O[C@@H]4O[C@H](CO)[C@@H](O)[C@H](O)[C@H]4O[C@@H]4O[C@H](CO)[C@@H](O)[C@H](O)[C@H]4O)C(C)(C)[C@@H]3CC[C@]12C. The third kappa shape index (κ3) is 10.5. The zero-order valence-corrected chi connectivity index (χ0v) is 44.9. The Morgan fingerprint density at radius 2 is 1.17 bits per heavy atom. The topological polar surface area (TPSA) is 377 Å². The second-order valence-electron chi connectivity index (χ2n) is 25.2. The van der Waals surface area contributed by atoms with Crippen LogP contribution in [0.3, 0.4) is 0 Å². The van der Waals surface area contributed by atoms with Crippen LogP contribution in [-0.4, -0.2) is 244 Å². The second-order valence-corrected chi connectivity index (χ2v) is 25.2. The standard InChI is InChI=1S/C53H90O23/c1-23(2)9-8-14-52(7,76-47-42(68)38(64)36(62)30(73-47)21-70-45-40(66)33(59)27(58)20-69-45)25-12-15-50(5)24(25)10-11-32-51(50,6)16-13-31-49(3,4)44(26(57)17-53(31,32)22-56)75-48-43(39(65)35(61)29(19-55)72-48)74-46-41(67)37(63)34(60)28(18-54)71-46/h9,24-48,54-68H,8,10-22H2,1-7H3/t24-,25+,26+,27-,28-,29-,30-,31+,32+,33+,34-,35-,36-,37+,38+,39+,40-,41-,42-,43-,44+,45+,46+,47+,48+,50-,51-,52+,53-/m1/s1. The molecule has 0 aromatic heterocycles. The van der Waals surface area contributed by atoms with E-state index in [1.807, 2.05) is 34.6 Å². The second kappa shape index (κ2) is 23.2. The summed E-state index contributed by atoms with van der Waals surface area (Å²) < 4.78 is 48.5. The van der Waals surface area contributed by atoms with Gasteiger partial charge in [-0.3, -0.25) is 0 Å². The number of aliphatic hydroxyl groups excluding tert-OH is 15. The van der Waals surface area contributed by atoms with Crippen molar-refractivity contribution >= 4 is 0 Å². The molecule has 29 atom stereocenters. The molecular formula is C53H90O23. The Bertz CT molecular complexity index is 1960. The van der Waals surface area contributed by atoms with Crippen LogP contribution in [0, 0.1) is 45.3 Å². The largest absolute Gasteiger partial charge is 0.396 e. The highest BCUT2D eigenvalue weighted by atomic mass is 16.8. The molecule has 8 aliphatic rings. The van der Waals surface area contributed by atoms with Crippen molar-refractivity contribution in [3.05, 3.63) is 11.6 Å². The molecule has 15 N–H and O–H groups in total. The maximum atomic E-state index is 12.5. The molecule has 4 heterocycles. The fraction of sp³-hybridized carbons (Fsp3) is 0.962. The van der Waals surface area contributed by atoms with Crippen molar-refractivity contribution < 1.29 is 114 Å². The van der Waals surface area contributed by atoms with Crippen LogP contribution >= 0.6 is 0 Å². The summed E-state index contributed by atoms with van der Waals surface area (Å²) in [7, 11) is 0. The summed E-state index contributed by atoms with van der Waals surface area (Å²) in [6, 6.07) is 0. The summed E-state index contributed by atoms with van der Waals surface area (Å²) in [6.45, 7) is 12.1. The van der Waals surface area contributed by atoms with Crippen molar-refractivity contribution in [2.24, 2.45) is 45.3 Å². The van der Waals surface area contributed by atoms with Gasteiger partial charge in [-0.15, -0.1) is 0 Å². The van der Waals surface area contributed by atoms with E-state index >= 15 is 0 Å². The number of hydrogen-bond acceptors (Lipinski definition) is 23. The highest BCUT2D eigenvalue weighted by molar-refractivity contribution is 5.21. The van der Waals surface area contributed by atoms with E-state index in [4.69, 9.17) is 37.9 Å². The van der Waals surface area contributed by atoms with Gasteiger partial charge in [-0.1, -0.05) is 39.3 Å². The van der Waals surface area contributed by atoms with Crippen molar-refractivity contribution in [1.82, 2.24) is 0 Å². The Morgan fingerprint density at radius 1 is 0.592 bits per heavy atom. The Balaban J connectivity index is 1.02. The Morgan fingerprint density at radius 3 is 1.80 bits per heavy atom. The predicted octanol–water partition coefficient (Wildman–Crippen LogP) is -2.59. The summed E-state index contributed by atoms with van der Waals surface area (Å²) in [5.41, 5.74) is -2.26. The van der Waals surface area contributed by atoms with E-state index in [-0.39, 0.29) is 54.1 Å². The first-order valence-electron chi connectivity index (χ1n) is 27.5. The fourth-order valence-corrected chi connectivity index (χ4v) is 16.1. The van der Waals surface area contributed by atoms with Crippen molar-refractivity contribution in [3.8, 4) is 0 Å². The Hall–Kier alpha value is -1.18. The van der Waals surface area contributed by atoms with Crippen LogP contribution in [0.4, 0.5) is 0 Å². The van der Waals surface area contributed by atoms with E-state index in [0.717, 1.165) is 31.3 Å². The van der Waals surface area contributed by atoms with Crippen molar-refractivity contribution in [1.29, 1.82) is 0 Å². The molecule has 76 heavy (non-hydrogen) atoms. The molecule has 4 saturated heterocycles. The number of hydrogen-bond donors (Lipinski definition) is 15. The average Bonchev–Trinajstić information content (AvgIpc) is 3.93.